The first-order valence-corrected chi connectivity index (χ1v) is 23.6. The van der Waals surface area contributed by atoms with Crippen LogP contribution in [0.1, 0.15) is 61.9 Å². The Balaban J connectivity index is 1.34. The second-order valence-electron chi connectivity index (χ2n) is 18.3. The average Bonchev–Trinajstić information content (AvgIpc) is 3.77. The molecule has 68 heavy (non-hydrogen) atoms. The van der Waals surface area contributed by atoms with Gasteiger partial charge in [-0.15, -0.1) is 0 Å². The van der Waals surface area contributed by atoms with Gasteiger partial charge in [-0.2, -0.15) is 0 Å². The van der Waals surface area contributed by atoms with Gasteiger partial charge in [-0.25, -0.2) is 4.98 Å². The quantitative estimate of drug-likeness (QED) is 0.139. The van der Waals surface area contributed by atoms with Crippen LogP contribution in [0, 0.1) is 0 Å². The van der Waals surface area contributed by atoms with Crippen molar-refractivity contribution in [2.24, 2.45) is 0 Å². The Labute approximate surface area is 399 Å². The Hall–Kier alpha value is -8.22. The Morgan fingerprint density at radius 1 is 0.515 bits per heavy atom. The molecule has 5 nitrogen and oxygen atoms in total. The average molecular weight is 879 g/mol. The number of para-hydroxylation sites is 1. The third-order valence-corrected chi connectivity index (χ3v) is 13.4. The molecule has 0 radical (unpaired) electrons. The zero-order valence-electron chi connectivity index (χ0n) is 38.8. The second kappa shape index (κ2) is 17.9. The monoisotopic (exact) mass is 878 g/mol. The molecule has 9 aromatic rings. The predicted molar refractivity (Wildman–Crippen MR) is 282 cm³/mol. The van der Waals surface area contributed by atoms with Gasteiger partial charge in [0.25, 0.3) is 0 Å². The molecule has 0 unspecified atom stereocenters. The topological polar surface area (TPSA) is 54.2 Å². The zero-order chi connectivity index (χ0) is 46.3. The van der Waals surface area contributed by atoms with E-state index < -0.39 is 6.85 Å². The molecule has 2 aliphatic heterocycles. The highest BCUT2D eigenvalue weighted by molar-refractivity contribution is 6.86. The molecule has 0 aliphatic carbocycles. The van der Waals surface area contributed by atoms with Gasteiger partial charge < -0.3 is 14.5 Å². The number of aromatic hydroxyl groups is 1. The molecule has 0 amide bonds. The van der Waals surface area contributed by atoms with Crippen LogP contribution in [-0.2, 0) is 0 Å². The third-order valence-electron chi connectivity index (χ3n) is 13.4. The molecule has 0 saturated heterocycles. The summed E-state index contributed by atoms with van der Waals surface area (Å²) in [4.78, 5) is 13.2. The Morgan fingerprint density at radius 3 is 1.69 bits per heavy atom. The molecule has 1 N–H and O–H groups in total. The molecule has 7 aromatic carbocycles. The number of fused-ring (bicyclic) bond motifs is 2. The van der Waals surface area contributed by atoms with Gasteiger partial charge in [0.05, 0.1) is 22.6 Å². The van der Waals surface area contributed by atoms with Crippen molar-refractivity contribution in [3.8, 4) is 67.5 Å². The van der Waals surface area contributed by atoms with Crippen LogP contribution < -0.4 is 11.1 Å². The predicted octanol–water partition coefficient (Wildman–Crippen LogP) is 13.8. The number of phenols is 1. The van der Waals surface area contributed by atoms with Crippen molar-refractivity contribution >= 4 is 23.5 Å². The molecule has 0 spiro atoms. The fourth-order valence-electron chi connectivity index (χ4n) is 10.2. The lowest BCUT2D eigenvalue weighted by Gasteiger charge is -2.39. The van der Waals surface area contributed by atoms with Crippen molar-refractivity contribution in [3.05, 3.63) is 247 Å². The number of phenolic OH excluding ortho intramolecular Hbond substituents is 1. The van der Waals surface area contributed by atoms with Crippen molar-refractivity contribution in [1.82, 2.24) is 19.3 Å². The maximum Gasteiger partial charge on any atom is 0.349 e. The molecular formula is C62H51BN4O. The number of rotatable bonds is 10. The molecule has 2 aromatic heterocycles. The minimum Gasteiger partial charge on any atom is -0.507 e. The van der Waals surface area contributed by atoms with Gasteiger partial charge in [0.1, 0.15) is 11.6 Å². The lowest BCUT2D eigenvalue weighted by Crippen LogP contribution is -2.60. The standard InChI is InChI=1S/C62H51BN4O/c1-41(2)52-39-48(43-22-8-5-9-23-43)40-53(42(3)4)60(52)67-61-59(65-62(67)51-30-14-15-35-56(51)68)57(47-29-20-28-46(38-47)54-33-16-18-36-64-54)55-34-17-19-37-66(55)63(61)58-49(44-24-10-6-11-25-44)31-21-32-50(58)45-26-12-7-13-27-45/h5-42,68H,1-4H3. The van der Waals surface area contributed by atoms with Crippen LogP contribution in [0.25, 0.3) is 67.3 Å². The van der Waals surface area contributed by atoms with E-state index in [1.807, 2.05) is 36.5 Å². The minimum absolute atomic E-state index is 0.124. The molecule has 0 fully saturated rings. The summed E-state index contributed by atoms with van der Waals surface area (Å²) in [6, 6.07) is 66.2. The Bertz CT molecular complexity index is 3320. The third kappa shape index (κ3) is 7.48. The maximum absolute atomic E-state index is 12.1. The van der Waals surface area contributed by atoms with Gasteiger partial charge in [-0.1, -0.05) is 179 Å². The Kier molecular flexibility index (Phi) is 11.2. The van der Waals surface area contributed by atoms with Crippen LogP contribution in [-0.4, -0.2) is 31.3 Å². The van der Waals surface area contributed by atoms with Crippen LogP contribution in [0.3, 0.4) is 0 Å². The number of aromatic nitrogens is 3. The number of hydrogen-bond donors (Lipinski definition) is 1. The first-order chi connectivity index (χ1) is 33.4. The first-order valence-electron chi connectivity index (χ1n) is 23.6. The number of hydrogen-bond acceptors (Lipinski definition) is 4. The lowest BCUT2D eigenvalue weighted by atomic mass is 9.45. The summed E-state index contributed by atoms with van der Waals surface area (Å²) >= 11 is 0. The van der Waals surface area contributed by atoms with Crippen LogP contribution in [0.4, 0.5) is 0 Å². The van der Waals surface area contributed by atoms with Gasteiger partial charge in [0.2, 0.25) is 0 Å². The Morgan fingerprint density at radius 2 is 1.07 bits per heavy atom. The van der Waals surface area contributed by atoms with Gasteiger partial charge in [0, 0.05) is 28.6 Å². The van der Waals surface area contributed by atoms with E-state index >= 15 is 0 Å². The van der Waals surface area contributed by atoms with E-state index in [4.69, 9.17) is 9.97 Å². The molecule has 11 rings (SSSR count). The van der Waals surface area contributed by atoms with Gasteiger partial charge in [0.15, 0.2) is 0 Å². The minimum atomic E-state index is -0.406. The maximum atomic E-state index is 12.1. The number of allylic oxidation sites excluding steroid dienone is 3. The molecule has 0 saturated carbocycles. The molecule has 0 bridgehead atoms. The van der Waals surface area contributed by atoms with Crippen molar-refractivity contribution in [1.29, 1.82) is 0 Å². The summed E-state index contributed by atoms with van der Waals surface area (Å²) in [5.41, 5.74) is 19.0. The zero-order valence-corrected chi connectivity index (χ0v) is 38.8. The van der Waals surface area contributed by atoms with Crippen molar-refractivity contribution < 1.29 is 5.11 Å². The molecule has 6 heteroatoms. The van der Waals surface area contributed by atoms with Gasteiger partial charge in [-0.3, -0.25) is 4.98 Å². The number of nitrogens with zero attached hydrogens (tertiary/aromatic N) is 4. The van der Waals surface area contributed by atoms with Gasteiger partial charge in [-0.05, 0) is 128 Å². The van der Waals surface area contributed by atoms with E-state index in [0.29, 0.717) is 11.4 Å². The van der Waals surface area contributed by atoms with E-state index in [0.717, 1.165) is 72.8 Å². The van der Waals surface area contributed by atoms with Gasteiger partial charge >= 0.3 is 6.85 Å². The lowest BCUT2D eigenvalue weighted by molar-refractivity contribution is 0.477. The van der Waals surface area contributed by atoms with E-state index in [9.17, 15) is 5.11 Å². The van der Waals surface area contributed by atoms with Crippen LogP contribution in [0.15, 0.2) is 224 Å². The number of benzene rings is 7. The fraction of sp³-hybridized carbons (Fsp3) is 0.0968. The number of pyridine rings is 1. The summed E-state index contributed by atoms with van der Waals surface area (Å²) in [5.74, 6) is 1.10. The van der Waals surface area contributed by atoms with Crippen LogP contribution in [0.2, 0.25) is 0 Å². The van der Waals surface area contributed by atoms with Crippen molar-refractivity contribution in [2.75, 3.05) is 0 Å². The largest absolute Gasteiger partial charge is 0.507 e. The highest BCUT2D eigenvalue weighted by Gasteiger charge is 2.45. The first kappa shape index (κ1) is 42.4. The summed E-state index contributed by atoms with van der Waals surface area (Å²) in [7, 11) is 0. The summed E-state index contributed by atoms with van der Waals surface area (Å²) < 4.78 is 2.44. The molecular weight excluding hydrogens is 828 g/mol. The van der Waals surface area contributed by atoms with E-state index in [-0.39, 0.29) is 17.6 Å². The van der Waals surface area contributed by atoms with E-state index in [1.54, 1.807) is 6.07 Å². The normalized spacial score (nSPS) is 13.1. The molecule has 328 valence electrons. The molecule has 2 aliphatic rings. The highest BCUT2D eigenvalue weighted by atomic mass is 16.3. The van der Waals surface area contributed by atoms with E-state index in [1.165, 1.54) is 22.3 Å². The number of imidazole rings is 1. The fourth-order valence-corrected chi connectivity index (χ4v) is 10.2. The SMILES string of the molecule is CC(C)c1cc(-c2ccccc2)cc(C(C)C)c1-n1c(-c2ccccc2O)nc2c1B(c1c(-c3ccccc3)cccc1-c1ccccc1)N1C=CC=CC1=C2c1cccc(-c2ccccn2)c1. The molecule has 4 heterocycles. The second-order valence-corrected chi connectivity index (χ2v) is 18.3. The summed E-state index contributed by atoms with van der Waals surface area (Å²) in [6.07, 6.45) is 10.6. The summed E-state index contributed by atoms with van der Waals surface area (Å²) in [5, 5.41) is 12.1. The smallest absolute Gasteiger partial charge is 0.349 e. The highest BCUT2D eigenvalue weighted by Crippen LogP contribution is 2.44. The summed E-state index contributed by atoms with van der Waals surface area (Å²) in [6.45, 7) is 8.77. The molecule has 0 atom stereocenters. The van der Waals surface area contributed by atoms with E-state index in [2.05, 4.69) is 213 Å². The van der Waals surface area contributed by atoms with Crippen molar-refractivity contribution in [3.63, 3.8) is 0 Å². The van der Waals surface area contributed by atoms with Crippen LogP contribution >= 0.6 is 0 Å². The van der Waals surface area contributed by atoms with Crippen LogP contribution in [0.5, 0.6) is 5.75 Å². The van der Waals surface area contributed by atoms with Crippen molar-refractivity contribution in [2.45, 2.75) is 39.5 Å².